The summed E-state index contributed by atoms with van der Waals surface area (Å²) in [7, 11) is 0. The summed E-state index contributed by atoms with van der Waals surface area (Å²) in [6.45, 7) is 6.95. The number of rotatable bonds is 7. The standard InChI is InChI=1S/C11H23NO2/c1-4-5-7-11(14)12(10(2)3)8-6-9-13/h10,13H,4-9H2,1-3H3. The molecule has 0 saturated heterocycles. The van der Waals surface area contributed by atoms with Gasteiger partial charge in [-0.05, 0) is 26.7 Å². The van der Waals surface area contributed by atoms with E-state index in [0.717, 1.165) is 12.8 Å². The number of hydrogen-bond donors (Lipinski definition) is 1. The van der Waals surface area contributed by atoms with Gasteiger partial charge in [0.05, 0.1) is 0 Å². The molecule has 0 rings (SSSR count). The van der Waals surface area contributed by atoms with E-state index < -0.39 is 0 Å². The lowest BCUT2D eigenvalue weighted by Crippen LogP contribution is -2.37. The molecule has 0 radical (unpaired) electrons. The van der Waals surface area contributed by atoms with Crippen LogP contribution in [-0.4, -0.2) is 35.1 Å². The lowest BCUT2D eigenvalue weighted by molar-refractivity contribution is -0.133. The van der Waals surface area contributed by atoms with Gasteiger partial charge in [0.2, 0.25) is 5.91 Å². The van der Waals surface area contributed by atoms with Crippen LogP contribution < -0.4 is 0 Å². The van der Waals surface area contributed by atoms with Crippen molar-refractivity contribution in [2.45, 2.75) is 52.5 Å². The van der Waals surface area contributed by atoms with Crippen molar-refractivity contribution in [1.29, 1.82) is 0 Å². The maximum atomic E-state index is 11.7. The van der Waals surface area contributed by atoms with Crippen molar-refractivity contribution < 1.29 is 9.90 Å². The molecule has 3 heteroatoms. The van der Waals surface area contributed by atoms with Crippen LogP contribution in [0, 0.1) is 0 Å². The second-order valence-electron chi connectivity index (χ2n) is 3.86. The van der Waals surface area contributed by atoms with E-state index in [1.54, 1.807) is 0 Å². The third kappa shape index (κ3) is 5.22. The van der Waals surface area contributed by atoms with Gasteiger partial charge in [0.15, 0.2) is 0 Å². The van der Waals surface area contributed by atoms with Crippen molar-refractivity contribution >= 4 is 5.91 Å². The molecule has 14 heavy (non-hydrogen) atoms. The molecule has 0 heterocycles. The predicted octanol–water partition coefficient (Wildman–Crippen LogP) is 1.80. The summed E-state index contributed by atoms with van der Waals surface area (Å²) >= 11 is 0. The Labute approximate surface area is 87.1 Å². The maximum Gasteiger partial charge on any atom is 0.222 e. The third-order valence-corrected chi connectivity index (χ3v) is 2.25. The zero-order valence-electron chi connectivity index (χ0n) is 9.62. The Kier molecular flexibility index (Phi) is 7.48. The average molecular weight is 201 g/mol. The zero-order valence-corrected chi connectivity index (χ0v) is 9.62. The molecule has 3 nitrogen and oxygen atoms in total. The minimum Gasteiger partial charge on any atom is -0.396 e. The highest BCUT2D eigenvalue weighted by atomic mass is 16.3. The number of nitrogens with zero attached hydrogens (tertiary/aromatic N) is 1. The number of unbranched alkanes of at least 4 members (excludes halogenated alkanes) is 1. The Morgan fingerprint density at radius 2 is 2.00 bits per heavy atom. The first-order chi connectivity index (χ1) is 6.63. The normalized spacial score (nSPS) is 10.6. The number of aliphatic hydroxyl groups excluding tert-OH is 1. The topological polar surface area (TPSA) is 40.5 Å². The first kappa shape index (κ1) is 13.4. The van der Waals surface area contributed by atoms with E-state index in [4.69, 9.17) is 5.11 Å². The highest BCUT2D eigenvalue weighted by Gasteiger charge is 2.15. The largest absolute Gasteiger partial charge is 0.396 e. The third-order valence-electron chi connectivity index (χ3n) is 2.25. The highest BCUT2D eigenvalue weighted by molar-refractivity contribution is 5.76. The summed E-state index contributed by atoms with van der Waals surface area (Å²) in [5, 5.41) is 8.72. The summed E-state index contributed by atoms with van der Waals surface area (Å²) in [5.74, 6) is 0.218. The van der Waals surface area contributed by atoms with E-state index in [1.165, 1.54) is 0 Å². The first-order valence-electron chi connectivity index (χ1n) is 5.53. The zero-order chi connectivity index (χ0) is 11.0. The maximum absolute atomic E-state index is 11.7. The van der Waals surface area contributed by atoms with E-state index in [0.29, 0.717) is 19.4 Å². The number of amides is 1. The molecule has 1 amide bonds. The molecule has 0 unspecified atom stereocenters. The van der Waals surface area contributed by atoms with E-state index in [-0.39, 0.29) is 18.6 Å². The van der Waals surface area contributed by atoms with Gasteiger partial charge in [-0.15, -0.1) is 0 Å². The fraction of sp³-hybridized carbons (Fsp3) is 0.909. The van der Waals surface area contributed by atoms with Crippen LogP contribution in [0.2, 0.25) is 0 Å². The van der Waals surface area contributed by atoms with E-state index in [1.807, 2.05) is 18.7 Å². The molecule has 0 aromatic heterocycles. The van der Waals surface area contributed by atoms with Gasteiger partial charge in [0.25, 0.3) is 0 Å². The summed E-state index contributed by atoms with van der Waals surface area (Å²) in [6.07, 6.45) is 3.33. The average Bonchev–Trinajstić information content (AvgIpc) is 2.14. The molecule has 0 bridgehead atoms. The Morgan fingerprint density at radius 1 is 1.36 bits per heavy atom. The van der Waals surface area contributed by atoms with Crippen molar-refractivity contribution in [3.05, 3.63) is 0 Å². The number of hydrogen-bond acceptors (Lipinski definition) is 2. The number of carbonyl (C=O) groups excluding carboxylic acids is 1. The summed E-state index contributed by atoms with van der Waals surface area (Å²) in [6, 6.07) is 0.242. The molecule has 0 spiro atoms. The van der Waals surface area contributed by atoms with Crippen LogP contribution in [-0.2, 0) is 4.79 Å². The van der Waals surface area contributed by atoms with Crippen molar-refractivity contribution in [3.63, 3.8) is 0 Å². The SMILES string of the molecule is CCCCC(=O)N(CCCO)C(C)C. The molecule has 0 aliphatic carbocycles. The quantitative estimate of drug-likeness (QED) is 0.682. The minimum absolute atomic E-state index is 0.157. The smallest absolute Gasteiger partial charge is 0.222 e. The molecule has 0 aromatic carbocycles. The number of aliphatic hydroxyl groups is 1. The Morgan fingerprint density at radius 3 is 2.43 bits per heavy atom. The van der Waals surface area contributed by atoms with Crippen molar-refractivity contribution in [2.75, 3.05) is 13.2 Å². The Hall–Kier alpha value is -0.570. The molecule has 0 aliphatic rings. The van der Waals surface area contributed by atoms with Crippen molar-refractivity contribution in [3.8, 4) is 0 Å². The molecule has 0 atom stereocenters. The lowest BCUT2D eigenvalue weighted by Gasteiger charge is -2.26. The van der Waals surface area contributed by atoms with Gasteiger partial charge in [-0.3, -0.25) is 4.79 Å². The van der Waals surface area contributed by atoms with Gasteiger partial charge in [-0.25, -0.2) is 0 Å². The van der Waals surface area contributed by atoms with Gasteiger partial charge >= 0.3 is 0 Å². The summed E-state index contributed by atoms with van der Waals surface area (Å²) in [4.78, 5) is 13.5. The van der Waals surface area contributed by atoms with Gasteiger partial charge in [0.1, 0.15) is 0 Å². The second-order valence-corrected chi connectivity index (χ2v) is 3.86. The Balaban J connectivity index is 3.98. The fourth-order valence-electron chi connectivity index (χ4n) is 1.38. The van der Waals surface area contributed by atoms with Gasteiger partial charge in [0, 0.05) is 25.6 Å². The van der Waals surface area contributed by atoms with Crippen LogP contribution in [0.5, 0.6) is 0 Å². The van der Waals surface area contributed by atoms with Crippen LogP contribution in [0.15, 0.2) is 0 Å². The van der Waals surface area contributed by atoms with Gasteiger partial charge < -0.3 is 10.0 Å². The van der Waals surface area contributed by atoms with E-state index in [2.05, 4.69) is 6.92 Å². The van der Waals surface area contributed by atoms with Gasteiger partial charge in [-0.1, -0.05) is 13.3 Å². The minimum atomic E-state index is 0.157. The molecule has 0 fully saturated rings. The van der Waals surface area contributed by atoms with E-state index in [9.17, 15) is 4.79 Å². The second kappa shape index (κ2) is 7.80. The summed E-state index contributed by atoms with van der Waals surface area (Å²) in [5.41, 5.74) is 0. The molecule has 0 saturated carbocycles. The summed E-state index contributed by atoms with van der Waals surface area (Å²) < 4.78 is 0. The van der Waals surface area contributed by atoms with Gasteiger partial charge in [-0.2, -0.15) is 0 Å². The van der Waals surface area contributed by atoms with E-state index >= 15 is 0 Å². The molecule has 0 aromatic rings. The molecule has 0 aliphatic heterocycles. The van der Waals surface area contributed by atoms with Crippen LogP contribution in [0.4, 0.5) is 0 Å². The monoisotopic (exact) mass is 201 g/mol. The Bertz CT molecular complexity index is 157. The fourth-order valence-corrected chi connectivity index (χ4v) is 1.38. The lowest BCUT2D eigenvalue weighted by atomic mass is 10.2. The molecular weight excluding hydrogens is 178 g/mol. The van der Waals surface area contributed by atoms with Crippen molar-refractivity contribution in [2.24, 2.45) is 0 Å². The van der Waals surface area contributed by atoms with Crippen LogP contribution >= 0.6 is 0 Å². The number of carbonyl (C=O) groups is 1. The molecule has 1 N–H and O–H groups in total. The molecular formula is C11H23NO2. The van der Waals surface area contributed by atoms with Crippen LogP contribution in [0.25, 0.3) is 0 Å². The van der Waals surface area contributed by atoms with Crippen LogP contribution in [0.3, 0.4) is 0 Å². The van der Waals surface area contributed by atoms with Crippen LogP contribution in [0.1, 0.15) is 46.5 Å². The highest BCUT2D eigenvalue weighted by Crippen LogP contribution is 2.06. The predicted molar refractivity (Wildman–Crippen MR) is 58.1 cm³/mol. The first-order valence-corrected chi connectivity index (χ1v) is 5.53. The molecule has 84 valence electrons. The van der Waals surface area contributed by atoms with Crippen molar-refractivity contribution in [1.82, 2.24) is 4.90 Å².